The fourth-order valence-electron chi connectivity index (χ4n) is 1.50. The van der Waals surface area contributed by atoms with Crippen LogP contribution < -0.4 is 5.32 Å². The summed E-state index contributed by atoms with van der Waals surface area (Å²) in [5, 5.41) is 13.0. The standard InChI is InChI=1S/C12H13N3O3S2/c1-8(20-12-13-6-7-19-12)11(16)14-9-2-4-10(5-3-9)15(17)18/h2-5,8H,6-7H2,1H3,(H,14,16). The van der Waals surface area contributed by atoms with E-state index in [9.17, 15) is 14.9 Å². The number of aliphatic imine (C=N–C) groups is 1. The molecule has 1 atom stereocenters. The molecule has 1 heterocycles. The Kier molecular flexibility index (Phi) is 5.02. The third-order valence-electron chi connectivity index (χ3n) is 2.55. The third-order valence-corrected chi connectivity index (χ3v) is 4.85. The predicted molar refractivity (Wildman–Crippen MR) is 83.5 cm³/mol. The van der Waals surface area contributed by atoms with Crippen molar-refractivity contribution < 1.29 is 9.72 Å². The number of carbonyl (C=O) groups excluding carboxylic acids is 1. The molecule has 1 unspecified atom stereocenters. The second-order valence-corrected chi connectivity index (χ2v) is 6.72. The molecule has 0 bridgehead atoms. The molecule has 1 aromatic rings. The maximum absolute atomic E-state index is 12.0. The molecule has 2 rings (SSSR count). The summed E-state index contributed by atoms with van der Waals surface area (Å²) in [6, 6.07) is 5.78. The number of nitro groups is 1. The third kappa shape index (κ3) is 3.97. The highest BCUT2D eigenvalue weighted by Gasteiger charge is 2.19. The number of thioether (sulfide) groups is 2. The minimum atomic E-state index is -0.473. The molecule has 106 valence electrons. The number of rotatable bonds is 4. The van der Waals surface area contributed by atoms with Gasteiger partial charge in [0.25, 0.3) is 5.69 Å². The van der Waals surface area contributed by atoms with Gasteiger partial charge in [-0.05, 0) is 19.1 Å². The van der Waals surface area contributed by atoms with E-state index in [0.717, 1.165) is 16.7 Å². The monoisotopic (exact) mass is 311 g/mol. The van der Waals surface area contributed by atoms with Crippen LogP contribution in [-0.4, -0.2) is 32.8 Å². The number of amides is 1. The maximum atomic E-state index is 12.0. The lowest BCUT2D eigenvalue weighted by Gasteiger charge is -2.11. The molecule has 0 aliphatic carbocycles. The van der Waals surface area contributed by atoms with Gasteiger partial charge in [-0.2, -0.15) is 0 Å². The number of nitro benzene ring substituents is 1. The van der Waals surface area contributed by atoms with Crippen molar-refractivity contribution in [2.45, 2.75) is 12.2 Å². The second-order valence-electron chi connectivity index (χ2n) is 4.05. The molecule has 1 amide bonds. The van der Waals surface area contributed by atoms with E-state index in [1.165, 1.54) is 36.0 Å². The molecule has 0 radical (unpaired) electrons. The zero-order chi connectivity index (χ0) is 14.5. The van der Waals surface area contributed by atoms with Crippen LogP contribution in [0.2, 0.25) is 0 Å². The van der Waals surface area contributed by atoms with Crippen molar-refractivity contribution in [2.75, 3.05) is 17.6 Å². The molecule has 1 N–H and O–H groups in total. The molecule has 20 heavy (non-hydrogen) atoms. The largest absolute Gasteiger partial charge is 0.325 e. The van der Waals surface area contributed by atoms with Gasteiger partial charge >= 0.3 is 0 Å². The molecular weight excluding hydrogens is 298 g/mol. The Morgan fingerprint density at radius 2 is 2.20 bits per heavy atom. The Balaban J connectivity index is 1.91. The lowest BCUT2D eigenvalue weighted by atomic mass is 10.3. The van der Waals surface area contributed by atoms with E-state index in [0.29, 0.717) is 5.69 Å². The number of carbonyl (C=O) groups is 1. The van der Waals surface area contributed by atoms with E-state index >= 15 is 0 Å². The summed E-state index contributed by atoms with van der Waals surface area (Å²) in [5.74, 6) is 0.831. The predicted octanol–water partition coefficient (Wildman–Crippen LogP) is 2.76. The van der Waals surface area contributed by atoms with E-state index in [1.54, 1.807) is 11.8 Å². The highest BCUT2D eigenvalue weighted by Crippen LogP contribution is 2.26. The number of anilines is 1. The Hall–Kier alpha value is -1.54. The molecule has 1 aliphatic rings. The van der Waals surface area contributed by atoms with Gasteiger partial charge in [0.05, 0.1) is 16.7 Å². The average molecular weight is 311 g/mol. The van der Waals surface area contributed by atoms with Gasteiger partial charge in [0, 0.05) is 23.6 Å². The van der Waals surface area contributed by atoms with Crippen LogP contribution in [-0.2, 0) is 4.79 Å². The van der Waals surface area contributed by atoms with Crippen LogP contribution in [0, 0.1) is 10.1 Å². The van der Waals surface area contributed by atoms with Crippen molar-refractivity contribution in [1.29, 1.82) is 0 Å². The molecule has 0 spiro atoms. The zero-order valence-electron chi connectivity index (χ0n) is 10.7. The normalized spacial score (nSPS) is 15.6. The highest BCUT2D eigenvalue weighted by molar-refractivity contribution is 8.39. The first-order chi connectivity index (χ1) is 9.56. The molecule has 1 aliphatic heterocycles. The van der Waals surface area contributed by atoms with E-state index in [-0.39, 0.29) is 16.8 Å². The van der Waals surface area contributed by atoms with Crippen molar-refractivity contribution in [3.63, 3.8) is 0 Å². The molecular formula is C12H13N3O3S2. The van der Waals surface area contributed by atoms with E-state index in [1.807, 2.05) is 6.92 Å². The van der Waals surface area contributed by atoms with Crippen molar-refractivity contribution in [3.8, 4) is 0 Å². The number of non-ortho nitro benzene ring substituents is 1. The molecule has 0 aromatic heterocycles. The van der Waals surface area contributed by atoms with E-state index < -0.39 is 4.92 Å². The molecule has 1 aromatic carbocycles. The quantitative estimate of drug-likeness (QED) is 0.682. The minimum absolute atomic E-state index is 0.00198. The Morgan fingerprint density at radius 1 is 1.50 bits per heavy atom. The first-order valence-electron chi connectivity index (χ1n) is 5.95. The van der Waals surface area contributed by atoms with Crippen LogP contribution in [0.3, 0.4) is 0 Å². The number of benzene rings is 1. The molecule has 0 saturated carbocycles. The van der Waals surface area contributed by atoms with Crippen LogP contribution in [0.15, 0.2) is 29.3 Å². The summed E-state index contributed by atoms with van der Waals surface area (Å²) < 4.78 is 0.941. The van der Waals surface area contributed by atoms with Crippen LogP contribution in [0.5, 0.6) is 0 Å². The number of hydrogen-bond acceptors (Lipinski definition) is 6. The van der Waals surface area contributed by atoms with Gasteiger partial charge < -0.3 is 5.32 Å². The van der Waals surface area contributed by atoms with Gasteiger partial charge in [-0.3, -0.25) is 19.9 Å². The van der Waals surface area contributed by atoms with Crippen LogP contribution in [0.25, 0.3) is 0 Å². The van der Waals surface area contributed by atoms with E-state index in [2.05, 4.69) is 10.3 Å². The number of nitrogens with zero attached hydrogens (tertiary/aromatic N) is 2. The van der Waals surface area contributed by atoms with Crippen LogP contribution in [0.4, 0.5) is 11.4 Å². The van der Waals surface area contributed by atoms with Gasteiger partial charge in [0.15, 0.2) is 0 Å². The van der Waals surface area contributed by atoms with Gasteiger partial charge in [0.2, 0.25) is 5.91 Å². The molecule has 8 heteroatoms. The smallest absolute Gasteiger partial charge is 0.269 e. The van der Waals surface area contributed by atoms with Crippen molar-refractivity contribution in [3.05, 3.63) is 34.4 Å². The summed E-state index contributed by atoms with van der Waals surface area (Å²) >= 11 is 3.09. The summed E-state index contributed by atoms with van der Waals surface area (Å²) in [7, 11) is 0. The van der Waals surface area contributed by atoms with Crippen LogP contribution in [0.1, 0.15) is 6.92 Å². The first kappa shape index (κ1) is 14.9. The number of nitrogens with one attached hydrogen (secondary N) is 1. The van der Waals surface area contributed by atoms with Crippen molar-refractivity contribution in [2.24, 2.45) is 4.99 Å². The minimum Gasteiger partial charge on any atom is -0.325 e. The lowest BCUT2D eigenvalue weighted by Crippen LogP contribution is -2.23. The Bertz CT molecular complexity index is 545. The average Bonchev–Trinajstić information content (AvgIpc) is 2.92. The SMILES string of the molecule is CC(SC1=NCCS1)C(=O)Nc1ccc([N+](=O)[O-])cc1. The molecule has 6 nitrogen and oxygen atoms in total. The molecule has 0 fully saturated rings. The number of hydrogen-bond donors (Lipinski definition) is 1. The summed E-state index contributed by atoms with van der Waals surface area (Å²) in [6.07, 6.45) is 0. The summed E-state index contributed by atoms with van der Waals surface area (Å²) in [5.41, 5.74) is 0.552. The molecule has 0 saturated heterocycles. The fourth-order valence-corrected chi connectivity index (χ4v) is 3.63. The lowest BCUT2D eigenvalue weighted by molar-refractivity contribution is -0.384. The maximum Gasteiger partial charge on any atom is 0.269 e. The highest BCUT2D eigenvalue weighted by atomic mass is 32.2. The van der Waals surface area contributed by atoms with Crippen molar-refractivity contribution in [1.82, 2.24) is 0 Å². The fraction of sp³-hybridized carbons (Fsp3) is 0.333. The van der Waals surface area contributed by atoms with Gasteiger partial charge in [-0.1, -0.05) is 23.5 Å². The van der Waals surface area contributed by atoms with Gasteiger partial charge in [0.1, 0.15) is 4.38 Å². The second kappa shape index (κ2) is 6.76. The van der Waals surface area contributed by atoms with Gasteiger partial charge in [-0.25, -0.2) is 0 Å². The zero-order valence-corrected chi connectivity index (χ0v) is 12.4. The first-order valence-corrected chi connectivity index (χ1v) is 7.82. The Morgan fingerprint density at radius 3 is 2.75 bits per heavy atom. The van der Waals surface area contributed by atoms with E-state index in [4.69, 9.17) is 0 Å². The van der Waals surface area contributed by atoms with Crippen molar-refractivity contribution >= 4 is 45.2 Å². The topological polar surface area (TPSA) is 84.6 Å². The van der Waals surface area contributed by atoms with Gasteiger partial charge in [-0.15, -0.1) is 0 Å². The summed E-state index contributed by atoms with van der Waals surface area (Å²) in [6.45, 7) is 2.62. The Labute approximate surface area is 124 Å². The summed E-state index contributed by atoms with van der Waals surface area (Å²) in [4.78, 5) is 26.3. The van der Waals surface area contributed by atoms with Crippen LogP contribution >= 0.6 is 23.5 Å².